The third-order valence-corrected chi connectivity index (χ3v) is 3.21. The van der Waals surface area contributed by atoms with Gasteiger partial charge in [0.05, 0.1) is 0 Å². The molecule has 0 unspecified atom stereocenters. The topological polar surface area (TPSA) is 24.9 Å². The van der Waals surface area contributed by atoms with E-state index in [4.69, 9.17) is 0 Å². The summed E-state index contributed by atoms with van der Waals surface area (Å²) in [5.41, 5.74) is 1.83. The van der Waals surface area contributed by atoms with Crippen molar-refractivity contribution in [1.82, 2.24) is 10.3 Å². The van der Waals surface area contributed by atoms with Crippen molar-refractivity contribution in [3.8, 4) is 11.1 Å². The summed E-state index contributed by atoms with van der Waals surface area (Å²) in [4.78, 5) is 4.10. The van der Waals surface area contributed by atoms with Gasteiger partial charge >= 0.3 is 0 Å². The van der Waals surface area contributed by atoms with Gasteiger partial charge in [0.2, 0.25) is 0 Å². The Kier molecular flexibility index (Phi) is 3.25. The zero-order valence-corrected chi connectivity index (χ0v) is 10.4. The lowest BCUT2D eigenvalue weighted by atomic mass is 10.1. The van der Waals surface area contributed by atoms with Crippen LogP contribution in [0, 0.1) is 11.6 Å². The van der Waals surface area contributed by atoms with Gasteiger partial charge in [-0.25, -0.2) is 8.78 Å². The largest absolute Gasteiger partial charge is 0.310 e. The molecule has 2 nitrogen and oxygen atoms in total. The van der Waals surface area contributed by atoms with Crippen LogP contribution < -0.4 is 5.32 Å². The first-order valence-electron chi connectivity index (χ1n) is 6.35. The fourth-order valence-electron chi connectivity index (χ4n) is 2.00. The van der Waals surface area contributed by atoms with E-state index < -0.39 is 11.6 Å². The summed E-state index contributed by atoms with van der Waals surface area (Å²) in [5.74, 6) is -0.881. The second-order valence-corrected chi connectivity index (χ2v) is 4.86. The second kappa shape index (κ2) is 5.05. The number of hydrogen-bond acceptors (Lipinski definition) is 2. The van der Waals surface area contributed by atoms with Gasteiger partial charge in [-0.1, -0.05) is 0 Å². The van der Waals surface area contributed by atoms with Gasteiger partial charge in [0, 0.05) is 36.1 Å². The minimum atomic E-state index is -0.446. The van der Waals surface area contributed by atoms with E-state index in [0.717, 1.165) is 17.7 Å². The summed E-state index contributed by atoms with van der Waals surface area (Å²) >= 11 is 0. The SMILES string of the molecule is Fc1ccc(F)c(-c2cncc(CNC3CC3)c2)c1. The molecule has 1 aromatic carbocycles. The number of nitrogens with zero attached hydrogens (tertiary/aromatic N) is 1. The average Bonchev–Trinajstić information content (AvgIpc) is 3.24. The number of pyridine rings is 1. The Bertz CT molecular complexity index is 594. The van der Waals surface area contributed by atoms with Crippen LogP contribution in [0.1, 0.15) is 18.4 Å². The first kappa shape index (κ1) is 12.2. The molecule has 19 heavy (non-hydrogen) atoms. The van der Waals surface area contributed by atoms with Gasteiger partial charge in [-0.05, 0) is 42.7 Å². The molecule has 1 aliphatic carbocycles. The second-order valence-electron chi connectivity index (χ2n) is 4.86. The van der Waals surface area contributed by atoms with Crippen molar-refractivity contribution in [2.45, 2.75) is 25.4 Å². The molecule has 3 rings (SSSR count). The Morgan fingerprint density at radius 3 is 2.79 bits per heavy atom. The van der Waals surface area contributed by atoms with Crippen LogP contribution in [0.2, 0.25) is 0 Å². The Hall–Kier alpha value is -1.81. The van der Waals surface area contributed by atoms with Crippen molar-refractivity contribution < 1.29 is 8.78 Å². The number of benzene rings is 1. The van der Waals surface area contributed by atoms with Gasteiger partial charge in [-0.3, -0.25) is 4.98 Å². The van der Waals surface area contributed by atoms with E-state index in [1.165, 1.54) is 18.9 Å². The predicted molar refractivity (Wildman–Crippen MR) is 69.5 cm³/mol. The first-order valence-corrected chi connectivity index (χ1v) is 6.35. The van der Waals surface area contributed by atoms with Crippen molar-refractivity contribution in [3.05, 3.63) is 53.9 Å². The van der Waals surface area contributed by atoms with E-state index in [1.54, 1.807) is 12.4 Å². The van der Waals surface area contributed by atoms with E-state index in [0.29, 0.717) is 18.2 Å². The van der Waals surface area contributed by atoms with Crippen LogP contribution in [-0.2, 0) is 6.54 Å². The lowest BCUT2D eigenvalue weighted by Gasteiger charge is -2.07. The lowest BCUT2D eigenvalue weighted by molar-refractivity contribution is 0.603. The molecule has 0 spiro atoms. The van der Waals surface area contributed by atoms with Crippen LogP contribution in [0.3, 0.4) is 0 Å². The summed E-state index contributed by atoms with van der Waals surface area (Å²) in [6, 6.07) is 5.91. The zero-order chi connectivity index (χ0) is 13.2. The molecule has 1 aromatic heterocycles. The van der Waals surface area contributed by atoms with Crippen molar-refractivity contribution in [2.75, 3.05) is 0 Å². The highest BCUT2D eigenvalue weighted by atomic mass is 19.1. The maximum absolute atomic E-state index is 13.7. The highest BCUT2D eigenvalue weighted by molar-refractivity contribution is 5.63. The van der Waals surface area contributed by atoms with Crippen molar-refractivity contribution in [3.63, 3.8) is 0 Å². The van der Waals surface area contributed by atoms with Crippen molar-refractivity contribution in [1.29, 1.82) is 0 Å². The molecule has 1 aliphatic rings. The molecule has 0 aliphatic heterocycles. The molecule has 1 saturated carbocycles. The summed E-state index contributed by atoms with van der Waals surface area (Å²) in [6.07, 6.45) is 5.73. The third kappa shape index (κ3) is 2.96. The summed E-state index contributed by atoms with van der Waals surface area (Å²) in [7, 11) is 0. The first-order chi connectivity index (χ1) is 9.22. The van der Waals surface area contributed by atoms with E-state index in [9.17, 15) is 8.78 Å². The van der Waals surface area contributed by atoms with Crippen LogP contribution >= 0.6 is 0 Å². The highest BCUT2D eigenvalue weighted by Gasteiger charge is 2.20. The normalized spacial score (nSPS) is 14.6. The molecule has 0 saturated heterocycles. The summed E-state index contributed by atoms with van der Waals surface area (Å²) in [5, 5.41) is 3.37. The maximum atomic E-state index is 13.7. The fourth-order valence-corrected chi connectivity index (χ4v) is 2.00. The average molecular weight is 260 g/mol. The van der Waals surface area contributed by atoms with Crippen LogP contribution in [0.4, 0.5) is 8.78 Å². The van der Waals surface area contributed by atoms with E-state index >= 15 is 0 Å². The van der Waals surface area contributed by atoms with E-state index in [1.807, 2.05) is 6.07 Å². The molecule has 0 radical (unpaired) electrons. The molecule has 0 amide bonds. The molecular formula is C15H14F2N2. The van der Waals surface area contributed by atoms with Crippen LogP contribution in [0.15, 0.2) is 36.7 Å². The molecule has 1 fully saturated rings. The summed E-state index contributed by atoms with van der Waals surface area (Å²) in [6.45, 7) is 0.711. The number of rotatable bonds is 4. The van der Waals surface area contributed by atoms with Crippen molar-refractivity contribution >= 4 is 0 Å². The van der Waals surface area contributed by atoms with Crippen LogP contribution in [-0.4, -0.2) is 11.0 Å². The van der Waals surface area contributed by atoms with Gasteiger partial charge in [0.25, 0.3) is 0 Å². The standard InChI is InChI=1S/C15H14F2N2/c16-12-1-4-15(17)14(6-12)11-5-10(7-18-9-11)8-19-13-2-3-13/h1,4-7,9,13,19H,2-3,8H2. The summed E-state index contributed by atoms with van der Waals surface area (Å²) < 4.78 is 26.9. The lowest BCUT2D eigenvalue weighted by Crippen LogP contribution is -2.15. The zero-order valence-electron chi connectivity index (χ0n) is 10.4. The van der Waals surface area contributed by atoms with Crippen molar-refractivity contribution in [2.24, 2.45) is 0 Å². The van der Waals surface area contributed by atoms with Gasteiger partial charge < -0.3 is 5.32 Å². The number of halogens is 2. The molecule has 1 heterocycles. The maximum Gasteiger partial charge on any atom is 0.131 e. The Labute approximate surface area is 110 Å². The van der Waals surface area contributed by atoms with Gasteiger partial charge in [0.1, 0.15) is 11.6 Å². The third-order valence-electron chi connectivity index (χ3n) is 3.21. The Balaban J connectivity index is 1.86. The molecule has 0 atom stereocenters. The number of nitrogens with one attached hydrogen (secondary N) is 1. The molecule has 0 bridgehead atoms. The van der Waals surface area contributed by atoms with Crippen LogP contribution in [0.5, 0.6) is 0 Å². The van der Waals surface area contributed by atoms with Gasteiger partial charge in [-0.15, -0.1) is 0 Å². The predicted octanol–water partition coefficient (Wildman–Crippen LogP) is 3.28. The van der Waals surface area contributed by atoms with E-state index in [-0.39, 0.29) is 5.56 Å². The minimum Gasteiger partial charge on any atom is -0.310 e. The molecule has 2 aromatic rings. The minimum absolute atomic E-state index is 0.251. The van der Waals surface area contributed by atoms with Gasteiger partial charge in [-0.2, -0.15) is 0 Å². The number of hydrogen-bond donors (Lipinski definition) is 1. The number of aromatic nitrogens is 1. The molecule has 4 heteroatoms. The molecule has 98 valence electrons. The van der Waals surface area contributed by atoms with Gasteiger partial charge in [0.15, 0.2) is 0 Å². The fraction of sp³-hybridized carbons (Fsp3) is 0.267. The highest BCUT2D eigenvalue weighted by Crippen LogP contribution is 2.24. The Morgan fingerprint density at radius 2 is 2.00 bits per heavy atom. The monoisotopic (exact) mass is 260 g/mol. The smallest absolute Gasteiger partial charge is 0.131 e. The Morgan fingerprint density at radius 1 is 1.16 bits per heavy atom. The van der Waals surface area contributed by atoms with E-state index in [2.05, 4.69) is 10.3 Å². The quantitative estimate of drug-likeness (QED) is 0.912. The molecule has 1 N–H and O–H groups in total. The molecular weight excluding hydrogens is 246 g/mol. The van der Waals surface area contributed by atoms with Crippen LogP contribution in [0.25, 0.3) is 11.1 Å².